The molecule has 4 rings (SSSR count). The largest absolute Gasteiger partial charge is 0.416 e. The molecule has 1 atom stereocenters. The fourth-order valence-electron chi connectivity index (χ4n) is 3.52. The van der Waals surface area contributed by atoms with Gasteiger partial charge in [0.25, 0.3) is 5.56 Å². The first kappa shape index (κ1) is 22.1. The van der Waals surface area contributed by atoms with Gasteiger partial charge in [-0.1, -0.05) is 18.2 Å². The molecule has 0 saturated carbocycles. The third kappa shape index (κ3) is 4.86. The Hall–Kier alpha value is -4.15. The monoisotopic (exact) mass is 457 g/mol. The number of fused-ring (bicyclic) bond motifs is 1. The number of rotatable bonds is 4. The average Bonchev–Trinajstić information content (AvgIpc) is 2.72. The number of hydrogen-bond acceptors (Lipinski definition) is 5. The number of H-pyrrole nitrogens is 1. The summed E-state index contributed by atoms with van der Waals surface area (Å²) in [7, 11) is 0. The maximum atomic E-state index is 12.9. The molecule has 0 saturated heterocycles. The number of nitrogens with one attached hydrogen (secondary N) is 4. The molecular weight excluding hydrogens is 439 g/mol. The molecule has 4 N–H and O–H groups in total. The molecule has 11 heteroatoms. The minimum atomic E-state index is -4.54. The number of aryl methyl sites for hydroxylation is 1. The van der Waals surface area contributed by atoms with Gasteiger partial charge in [-0.05, 0) is 42.8 Å². The van der Waals surface area contributed by atoms with Gasteiger partial charge in [-0.25, -0.2) is 0 Å². The van der Waals surface area contributed by atoms with Crippen LogP contribution < -0.4 is 21.5 Å². The molecule has 0 spiro atoms. The highest BCUT2D eigenvalue weighted by atomic mass is 19.4. The summed E-state index contributed by atoms with van der Waals surface area (Å²) < 4.78 is 38.8. The molecule has 1 aliphatic rings. The predicted molar refractivity (Wildman–Crippen MR) is 115 cm³/mol. The highest BCUT2D eigenvalue weighted by Crippen LogP contribution is 2.32. The van der Waals surface area contributed by atoms with Crippen molar-refractivity contribution in [1.82, 2.24) is 9.97 Å². The van der Waals surface area contributed by atoms with E-state index in [1.54, 1.807) is 18.2 Å². The summed E-state index contributed by atoms with van der Waals surface area (Å²) in [6.45, 7) is 1.85. The maximum absolute atomic E-state index is 12.9. The van der Waals surface area contributed by atoms with Crippen molar-refractivity contribution >= 4 is 35.0 Å². The first-order valence-electron chi connectivity index (χ1n) is 9.86. The van der Waals surface area contributed by atoms with Gasteiger partial charge >= 0.3 is 6.18 Å². The zero-order valence-corrected chi connectivity index (χ0v) is 17.2. The van der Waals surface area contributed by atoms with Crippen LogP contribution in [0.5, 0.6) is 0 Å². The summed E-state index contributed by atoms with van der Waals surface area (Å²) >= 11 is 0. The standard InChI is InChI=1S/C22H18F3N5O3/c1-11-4-2-6-13(8-11)26-19(32)15-10-16(31)28-18-17(15)20(33)30-21(29-18)27-14-7-3-5-12(9-14)22(23,24)25/h2-9,15H,10H2,1H3,(H,26,32)(H3,27,28,29,30,31,33). The van der Waals surface area contributed by atoms with Gasteiger partial charge < -0.3 is 16.0 Å². The molecule has 2 amide bonds. The van der Waals surface area contributed by atoms with Gasteiger partial charge in [-0.3, -0.25) is 19.4 Å². The Labute approximate surface area is 185 Å². The number of nitrogens with zero attached hydrogens (tertiary/aromatic N) is 1. The fraction of sp³-hybridized carbons (Fsp3) is 0.182. The van der Waals surface area contributed by atoms with Gasteiger partial charge in [0.2, 0.25) is 17.8 Å². The van der Waals surface area contributed by atoms with E-state index in [2.05, 4.69) is 25.9 Å². The van der Waals surface area contributed by atoms with Gasteiger partial charge in [0.05, 0.1) is 17.0 Å². The summed E-state index contributed by atoms with van der Waals surface area (Å²) in [6.07, 6.45) is -4.80. The lowest BCUT2D eigenvalue weighted by molar-refractivity contribution is -0.137. The van der Waals surface area contributed by atoms with Crippen LogP contribution >= 0.6 is 0 Å². The van der Waals surface area contributed by atoms with Gasteiger partial charge in [0.1, 0.15) is 5.82 Å². The maximum Gasteiger partial charge on any atom is 0.416 e. The molecule has 2 heterocycles. The molecule has 8 nitrogen and oxygen atoms in total. The smallest absolute Gasteiger partial charge is 0.326 e. The Morgan fingerprint density at radius 3 is 2.55 bits per heavy atom. The van der Waals surface area contributed by atoms with Crippen LogP contribution in [0, 0.1) is 6.92 Å². The van der Waals surface area contributed by atoms with Crippen molar-refractivity contribution in [2.24, 2.45) is 0 Å². The van der Waals surface area contributed by atoms with Crippen LogP contribution in [0.15, 0.2) is 53.3 Å². The van der Waals surface area contributed by atoms with Crippen molar-refractivity contribution in [3.63, 3.8) is 0 Å². The Balaban J connectivity index is 1.63. The molecule has 1 aromatic heterocycles. The normalized spacial score (nSPS) is 15.4. The molecule has 2 aromatic carbocycles. The molecule has 3 aromatic rings. The molecule has 0 aliphatic carbocycles. The molecule has 0 fully saturated rings. The molecule has 0 bridgehead atoms. The zero-order chi connectivity index (χ0) is 23.8. The van der Waals surface area contributed by atoms with Gasteiger partial charge in [-0.2, -0.15) is 18.2 Å². The number of amides is 2. The van der Waals surface area contributed by atoms with Gasteiger partial charge in [0.15, 0.2) is 0 Å². The van der Waals surface area contributed by atoms with Crippen molar-refractivity contribution < 1.29 is 22.8 Å². The second-order valence-electron chi connectivity index (χ2n) is 7.54. The van der Waals surface area contributed by atoms with Crippen LogP contribution in [0.2, 0.25) is 0 Å². The lowest BCUT2D eigenvalue weighted by Crippen LogP contribution is -2.36. The topological polar surface area (TPSA) is 116 Å². The second-order valence-corrected chi connectivity index (χ2v) is 7.54. The van der Waals surface area contributed by atoms with Crippen molar-refractivity contribution in [3.05, 3.63) is 75.6 Å². The Morgan fingerprint density at radius 1 is 1.09 bits per heavy atom. The third-order valence-corrected chi connectivity index (χ3v) is 5.01. The van der Waals surface area contributed by atoms with Crippen molar-refractivity contribution in [1.29, 1.82) is 0 Å². The number of hydrogen-bond donors (Lipinski definition) is 4. The number of carbonyl (C=O) groups excluding carboxylic acids is 2. The van der Waals surface area contributed by atoms with Crippen molar-refractivity contribution in [2.45, 2.75) is 25.4 Å². The Kier molecular flexibility index (Phi) is 5.62. The third-order valence-electron chi connectivity index (χ3n) is 5.01. The average molecular weight is 457 g/mol. The van der Waals surface area contributed by atoms with Crippen LogP contribution in [0.25, 0.3) is 0 Å². The van der Waals surface area contributed by atoms with Crippen LogP contribution in [-0.4, -0.2) is 21.8 Å². The number of anilines is 4. The first-order chi connectivity index (χ1) is 15.6. The predicted octanol–water partition coefficient (Wildman–Crippen LogP) is 3.91. The van der Waals surface area contributed by atoms with Gasteiger partial charge in [-0.15, -0.1) is 0 Å². The summed E-state index contributed by atoms with van der Waals surface area (Å²) in [4.78, 5) is 44.4. The molecular formula is C22H18F3N5O3. The van der Waals surface area contributed by atoms with E-state index in [0.29, 0.717) is 5.69 Å². The molecule has 33 heavy (non-hydrogen) atoms. The van der Waals surface area contributed by atoms with E-state index < -0.39 is 35.0 Å². The SMILES string of the molecule is Cc1cccc(NC(=O)C2CC(=O)Nc3nc(Nc4cccc(C(F)(F)F)c4)[nH]c(=O)c32)c1. The van der Waals surface area contributed by atoms with Crippen LogP contribution in [0.4, 0.5) is 36.3 Å². The number of aromatic amines is 1. The van der Waals surface area contributed by atoms with Crippen molar-refractivity contribution in [3.8, 4) is 0 Å². The Morgan fingerprint density at radius 2 is 1.82 bits per heavy atom. The minimum absolute atomic E-state index is 0.0313. The lowest BCUT2D eigenvalue weighted by atomic mass is 9.92. The number of alkyl halides is 3. The van der Waals surface area contributed by atoms with Crippen LogP contribution in [-0.2, 0) is 15.8 Å². The van der Waals surface area contributed by atoms with E-state index in [0.717, 1.165) is 17.7 Å². The molecule has 0 radical (unpaired) electrons. The quantitative estimate of drug-likeness (QED) is 0.474. The Bertz CT molecular complexity index is 1300. The van der Waals surface area contributed by atoms with Crippen LogP contribution in [0.3, 0.4) is 0 Å². The number of benzene rings is 2. The van der Waals surface area contributed by atoms with E-state index >= 15 is 0 Å². The van der Waals surface area contributed by atoms with E-state index in [9.17, 15) is 27.6 Å². The van der Waals surface area contributed by atoms with E-state index in [4.69, 9.17) is 0 Å². The number of aromatic nitrogens is 2. The number of halogens is 3. The van der Waals surface area contributed by atoms with E-state index in [-0.39, 0.29) is 29.4 Å². The lowest BCUT2D eigenvalue weighted by Gasteiger charge is -2.23. The van der Waals surface area contributed by atoms with E-state index in [1.165, 1.54) is 12.1 Å². The molecule has 170 valence electrons. The number of carbonyl (C=O) groups is 2. The fourth-order valence-corrected chi connectivity index (χ4v) is 3.52. The molecule has 1 aliphatic heterocycles. The minimum Gasteiger partial charge on any atom is -0.326 e. The first-order valence-corrected chi connectivity index (χ1v) is 9.86. The van der Waals surface area contributed by atoms with Crippen molar-refractivity contribution in [2.75, 3.05) is 16.0 Å². The highest BCUT2D eigenvalue weighted by Gasteiger charge is 2.35. The summed E-state index contributed by atoms with van der Waals surface area (Å²) in [5, 5.41) is 7.74. The summed E-state index contributed by atoms with van der Waals surface area (Å²) in [5.74, 6) is -2.47. The molecule has 1 unspecified atom stereocenters. The zero-order valence-electron chi connectivity index (χ0n) is 17.2. The van der Waals surface area contributed by atoms with E-state index in [1.807, 2.05) is 13.0 Å². The highest BCUT2D eigenvalue weighted by molar-refractivity contribution is 6.04. The summed E-state index contributed by atoms with van der Waals surface area (Å²) in [5.41, 5.74) is -0.148. The van der Waals surface area contributed by atoms with Gasteiger partial charge in [0, 0.05) is 17.8 Å². The summed E-state index contributed by atoms with van der Waals surface area (Å²) in [6, 6.07) is 11.4. The van der Waals surface area contributed by atoms with Crippen LogP contribution in [0.1, 0.15) is 29.0 Å². The second kappa shape index (κ2) is 8.41.